The van der Waals surface area contributed by atoms with E-state index in [1.807, 2.05) is 19.2 Å². The van der Waals surface area contributed by atoms with Gasteiger partial charge >= 0.3 is 6.61 Å². The molecule has 1 aromatic heterocycles. The molecule has 0 fully saturated rings. The van der Waals surface area contributed by atoms with Crippen molar-refractivity contribution in [3.05, 3.63) is 39.8 Å². The molecule has 2 aromatic rings. The van der Waals surface area contributed by atoms with Crippen LogP contribution < -0.4 is 20.1 Å². The smallest absolute Gasteiger partial charge is 0.387 e. The number of nitrogens with one attached hydrogen (secondary N) is 2. The highest BCUT2D eigenvalue weighted by Crippen LogP contribution is 2.29. The van der Waals surface area contributed by atoms with Gasteiger partial charge in [0.15, 0.2) is 17.5 Å². The predicted octanol–water partition coefficient (Wildman–Crippen LogP) is 3.61. The van der Waals surface area contributed by atoms with Crippen molar-refractivity contribution in [3.8, 4) is 11.5 Å². The highest BCUT2D eigenvalue weighted by molar-refractivity contribution is 7.11. The van der Waals surface area contributed by atoms with Crippen LogP contribution >= 0.6 is 11.3 Å². The lowest BCUT2D eigenvalue weighted by Crippen LogP contribution is -2.38. The molecule has 0 aliphatic heterocycles. The van der Waals surface area contributed by atoms with Crippen LogP contribution in [0, 0.1) is 0 Å². The molecule has 0 radical (unpaired) electrons. The predicted molar refractivity (Wildman–Crippen MR) is 108 cm³/mol. The molecule has 28 heavy (non-hydrogen) atoms. The molecule has 0 saturated carbocycles. The first-order valence-electron chi connectivity index (χ1n) is 9.13. The van der Waals surface area contributed by atoms with Gasteiger partial charge in [0.05, 0.1) is 13.7 Å². The highest BCUT2D eigenvalue weighted by atomic mass is 32.1. The number of aryl methyl sites for hydroxylation is 1. The molecule has 0 saturated heterocycles. The zero-order valence-corrected chi connectivity index (χ0v) is 17.1. The van der Waals surface area contributed by atoms with E-state index in [0.29, 0.717) is 25.5 Å². The normalized spacial score (nSPS) is 11.6. The average molecular weight is 413 g/mol. The summed E-state index contributed by atoms with van der Waals surface area (Å²) < 4.78 is 34.7. The van der Waals surface area contributed by atoms with Gasteiger partial charge in [-0.2, -0.15) is 8.78 Å². The van der Waals surface area contributed by atoms with Gasteiger partial charge in [0.25, 0.3) is 0 Å². The molecule has 1 heterocycles. The Labute approximate surface area is 168 Å². The summed E-state index contributed by atoms with van der Waals surface area (Å²) in [4.78, 5) is 10.2. The maximum atomic E-state index is 12.5. The first-order chi connectivity index (χ1) is 13.5. The van der Waals surface area contributed by atoms with Crippen LogP contribution in [0.25, 0.3) is 0 Å². The first-order valence-corrected chi connectivity index (χ1v) is 9.94. The summed E-state index contributed by atoms with van der Waals surface area (Å²) in [6, 6.07) is 5.02. The Morgan fingerprint density at radius 2 is 2.07 bits per heavy atom. The molecule has 0 aliphatic carbocycles. The summed E-state index contributed by atoms with van der Waals surface area (Å²) in [6.07, 6.45) is 3.47. The Morgan fingerprint density at radius 1 is 1.25 bits per heavy atom. The van der Waals surface area contributed by atoms with E-state index < -0.39 is 6.61 Å². The maximum absolute atomic E-state index is 12.5. The maximum Gasteiger partial charge on any atom is 0.387 e. The van der Waals surface area contributed by atoms with Crippen molar-refractivity contribution in [2.24, 2.45) is 4.99 Å². The van der Waals surface area contributed by atoms with Gasteiger partial charge in [-0.1, -0.05) is 13.0 Å². The number of rotatable bonds is 10. The molecule has 0 amide bonds. The van der Waals surface area contributed by atoms with Gasteiger partial charge in [0.1, 0.15) is 5.01 Å². The van der Waals surface area contributed by atoms with E-state index in [0.717, 1.165) is 23.5 Å². The molecule has 6 nitrogen and oxygen atoms in total. The number of thiazole rings is 1. The van der Waals surface area contributed by atoms with E-state index in [4.69, 9.17) is 4.74 Å². The fourth-order valence-corrected chi connectivity index (χ4v) is 3.25. The highest BCUT2D eigenvalue weighted by Gasteiger charge is 2.11. The molecule has 2 N–H and O–H groups in total. The third-order valence-corrected chi connectivity index (χ3v) is 4.94. The zero-order valence-electron chi connectivity index (χ0n) is 16.3. The van der Waals surface area contributed by atoms with Crippen LogP contribution in [-0.4, -0.2) is 37.8 Å². The number of methoxy groups -OCH3 is 1. The summed E-state index contributed by atoms with van der Waals surface area (Å²) in [6.45, 7) is 3.03. The lowest BCUT2D eigenvalue weighted by Gasteiger charge is -2.13. The second-order valence-corrected chi connectivity index (χ2v) is 7.01. The monoisotopic (exact) mass is 412 g/mol. The molecule has 0 bridgehead atoms. The Balaban J connectivity index is 1.93. The van der Waals surface area contributed by atoms with Crippen LogP contribution in [0.1, 0.15) is 29.3 Å². The number of aromatic nitrogens is 1. The molecular formula is C19H26F2N4O2S. The summed E-state index contributed by atoms with van der Waals surface area (Å²) in [5, 5.41) is 7.40. The lowest BCUT2D eigenvalue weighted by atomic mass is 10.1. The van der Waals surface area contributed by atoms with Gasteiger partial charge in [-0.15, -0.1) is 11.3 Å². The largest absolute Gasteiger partial charge is 0.493 e. The Morgan fingerprint density at radius 3 is 2.71 bits per heavy atom. The van der Waals surface area contributed by atoms with Crippen molar-refractivity contribution in [2.75, 3.05) is 20.2 Å². The lowest BCUT2D eigenvalue weighted by molar-refractivity contribution is -0.0512. The number of aliphatic imine (C=N–C) groups is 1. The fourth-order valence-electron chi connectivity index (χ4n) is 2.46. The van der Waals surface area contributed by atoms with Gasteiger partial charge in [0.2, 0.25) is 0 Å². The molecule has 9 heteroatoms. The zero-order chi connectivity index (χ0) is 20.4. The minimum atomic E-state index is -2.89. The SMILES string of the molecule is CCNC(=NCc1ncc(CC)s1)NCCc1ccc(OC)c(OC(F)F)c1. The fraction of sp³-hybridized carbons (Fsp3) is 0.474. The molecule has 2 rings (SSSR count). The molecular weight excluding hydrogens is 386 g/mol. The Kier molecular flexibility index (Phi) is 8.93. The number of guanidine groups is 1. The Bertz CT molecular complexity index is 768. The minimum Gasteiger partial charge on any atom is -0.493 e. The van der Waals surface area contributed by atoms with Crippen LogP contribution in [0.3, 0.4) is 0 Å². The number of benzene rings is 1. The minimum absolute atomic E-state index is 0.0334. The molecule has 0 spiro atoms. The number of halogens is 2. The van der Waals surface area contributed by atoms with Crippen LogP contribution in [0.15, 0.2) is 29.4 Å². The average Bonchev–Trinajstić information content (AvgIpc) is 3.14. The van der Waals surface area contributed by atoms with Crippen molar-refractivity contribution in [1.82, 2.24) is 15.6 Å². The van der Waals surface area contributed by atoms with Crippen molar-refractivity contribution in [3.63, 3.8) is 0 Å². The Hall–Kier alpha value is -2.42. The number of ether oxygens (including phenoxy) is 2. The second kappa shape index (κ2) is 11.4. The molecule has 154 valence electrons. The van der Waals surface area contributed by atoms with E-state index in [2.05, 4.69) is 32.3 Å². The van der Waals surface area contributed by atoms with Gasteiger partial charge < -0.3 is 20.1 Å². The van der Waals surface area contributed by atoms with E-state index in [1.54, 1.807) is 23.5 Å². The van der Waals surface area contributed by atoms with Gasteiger partial charge in [-0.25, -0.2) is 9.98 Å². The summed E-state index contributed by atoms with van der Waals surface area (Å²) >= 11 is 1.66. The van der Waals surface area contributed by atoms with Crippen LogP contribution in [0.2, 0.25) is 0 Å². The van der Waals surface area contributed by atoms with E-state index in [9.17, 15) is 8.78 Å². The van der Waals surface area contributed by atoms with Crippen molar-refractivity contribution < 1.29 is 18.3 Å². The standard InChI is InChI=1S/C19H26F2N4O2S/c1-4-14-11-24-17(28-14)12-25-19(22-5-2)23-9-8-13-6-7-15(26-3)16(10-13)27-18(20)21/h6-7,10-11,18H,4-5,8-9,12H2,1-3H3,(H2,22,23,25). The van der Waals surface area contributed by atoms with E-state index in [1.165, 1.54) is 12.0 Å². The van der Waals surface area contributed by atoms with Crippen molar-refractivity contribution in [1.29, 1.82) is 0 Å². The van der Waals surface area contributed by atoms with Crippen molar-refractivity contribution >= 4 is 17.3 Å². The van der Waals surface area contributed by atoms with Crippen LogP contribution in [-0.2, 0) is 19.4 Å². The van der Waals surface area contributed by atoms with E-state index in [-0.39, 0.29) is 11.5 Å². The summed E-state index contributed by atoms with van der Waals surface area (Å²) in [5.74, 6) is 1.00. The number of nitrogens with zero attached hydrogens (tertiary/aromatic N) is 2. The van der Waals surface area contributed by atoms with Gasteiger partial charge in [-0.05, 0) is 37.5 Å². The summed E-state index contributed by atoms with van der Waals surface area (Å²) in [7, 11) is 1.42. The quantitative estimate of drug-likeness (QED) is 0.461. The first kappa shape index (κ1) is 21.9. The number of alkyl halides is 2. The topological polar surface area (TPSA) is 67.8 Å². The number of hydrogen-bond donors (Lipinski definition) is 2. The molecule has 1 aromatic carbocycles. The van der Waals surface area contributed by atoms with Gasteiger partial charge in [-0.3, -0.25) is 0 Å². The van der Waals surface area contributed by atoms with Gasteiger partial charge in [0, 0.05) is 24.2 Å². The third kappa shape index (κ3) is 6.95. The molecule has 0 atom stereocenters. The summed E-state index contributed by atoms with van der Waals surface area (Å²) in [5.41, 5.74) is 0.854. The third-order valence-electron chi connectivity index (χ3n) is 3.82. The van der Waals surface area contributed by atoms with E-state index >= 15 is 0 Å². The molecule has 0 aliphatic rings. The second-order valence-electron chi connectivity index (χ2n) is 5.81. The van der Waals surface area contributed by atoms with Crippen molar-refractivity contribution in [2.45, 2.75) is 39.8 Å². The van der Waals surface area contributed by atoms with Crippen LogP contribution in [0.5, 0.6) is 11.5 Å². The van der Waals surface area contributed by atoms with Crippen LogP contribution in [0.4, 0.5) is 8.78 Å². The molecule has 0 unspecified atom stereocenters. The number of hydrogen-bond acceptors (Lipinski definition) is 5.